The number of benzene rings is 3. The number of hydrogen-bond donors (Lipinski definition) is 2. The number of hydrogen-bond acceptors (Lipinski definition) is 2. The van der Waals surface area contributed by atoms with Gasteiger partial charge in [0.25, 0.3) is 0 Å². The Kier molecular flexibility index (Phi) is 6.36. The van der Waals surface area contributed by atoms with E-state index in [1.54, 1.807) is 24.3 Å². The van der Waals surface area contributed by atoms with Gasteiger partial charge in [-0.2, -0.15) is 0 Å². The van der Waals surface area contributed by atoms with Gasteiger partial charge in [-0.3, -0.25) is 0 Å². The molecular formula is C26H26O4. The summed E-state index contributed by atoms with van der Waals surface area (Å²) in [5.74, 6) is -1.99. The Labute approximate surface area is 176 Å². The van der Waals surface area contributed by atoms with Crippen molar-refractivity contribution in [2.45, 2.75) is 40.0 Å². The maximum Gasteiger partial charge on any atom is 0.336 e. The molecule has 154 valence electrons. The molecule has 0 saturated carbocycles. The molecule has 0 atom stereocenters. The van der Waals surface area contributed by atoms with E-state index in [1.807, 2.05) is 31.2 Å². The summed E-state index contributed by atoms with van der Waals surface area (Å²) in [6.45, 7) is 6.19. The Morgan fingerprint density at radius 1 is 0.667 bits per heavy atom. The molecule has 0 aliphatic heterocycles. The Morgan fingerprint density at radius 3 is 1.57 bits per heavy atom. The topological polar surface area (TPSA) is 74.6 Å². The smallest absolute Gasteiger partial charge is 0.336 e. The van der Waals surface area contributed by atoms with Crippen LogP contribution in [0.1, 0.15) is 58.2 Å². The fraction of sp³-hybridized carbons (Fsp3) is 0.231. The quantitative estimate of drug-likeness (QED) is 0.500. The number of carbonyl (C=O) groups is 2. The van der Waals surface area contributed by atoms with Crippen LogP contribution in [0, 0.1) is 0 Å². The first kappa shape index (κ1) is 21.3. The largest absolute Gasteiger partial charge is 0.478 e. The highest BCUT2D eigenvalue weighted by Crippen LogP contribution is 2.42. The second-order valence-electron chi connectivity index (χ2n) is 7.19. The Balaban J connectivity index is 2.56. The van der Waals surface area contributed by atoms with Gasteiger partial charge in [-0.1, -0.05) is 63.2 Å². The molecule has 0 aliphatic rings. The zero-order chi connectivity index (χ0) is 21.8. The second kappa shape index (κ2) is 8.95. The number of carboxylic acid groups (broad SMARTS) is 2. The van der Waals surface area contributed by atoms with Crippen molar-refractivity contribution in [3.8, 4) is 22.3 Å². The van der Waals surface area contributed by atoms with E-state index in [1.165, 1.54) is 5.56 Å². The maximum atomic E-state index is 12.0. The SMILES string of the molecule is CCc1cc(CC)c(-c2ccccc2C(=O)O)c(-c2ccccc2C(=O)O)c1CC. The lowest BCUT2D eigenvalue weighted by molar-refractivity contribution is 0.0686. The van der Waals surface area contributed by atoms with Crippen molar-refractivity contribution in [2.75, 3.05) is 0 Å². The van der Waals surface area contributed by atoms with E-state index in [4.69, 9.17) is 0 Å². The summed E-state index contributed by atoms with van der Waals surface area (Å²) in [7, 11) is 0. The van der Waals surface area contributed by atoms with Crippen molar-refractivity contribution < 1.29 is 19.8 Å². The van der Waals surface area contributed by atoms with Crippen molar-refractivity contribution in [1.82, 2.24) is 0 Å². The molecule has 3 aromatic carbocycles. The molecular weight excluding hydrogens is 376 g/mol. The lowest BCUT2D eigenvalue weighted by Crippen LogP contribution is -2.08. The van der Waals surface area contributed by atoms with E-state index in [0.29, 0.717) is 17.5 Å². The van der Waals surface area contributed by atoms with Crippen molar-refractivity contribution >= 4 is 11.9 Å². The van der Waals surface area contributed by atoms with Crippen LogP contribution in [-0.2, 0) is 19.3 Å². The molecule has 0 heterocycles. The Bertz CT molecular complexity index is 1110. The zero-order valence-electron chi connectivity index (χ0n) is 17.5. The van der Waals surface area contributed by atoms with Gasteiger partial charge in [0, 0.05) is 0 Å². The second-order valence-corrected chi connectivity index (χ2v) is 7.19. The van der Waals surface area contributed by atoms with E-state index >= 15 is 0 Å². The lowest BCUT2D eigenvalue weighted by atomic mass is 9.80. The van der Waals surface area contributed by atoms with E-state index in [-0.39, 0.29) is 11.1 Å². The highest BCUT2D eigenvalue weighted by atomic mass is 16.4. The third-order valence-electron chi connectivity index (χ3n) is 5.58. The number of aromatic carboxylic acids is 2. The molecule has 4 heteroatoms. The first-order chi connectivity index (χ1) is 14.4. The van der Waals surface area contributed by atoms with Crippen LogP contribution in [0.4, 0.5) is 0 Å². The first-order valence-electron chi connectivity index (χ1n) is 10.3. The highest BCUT2D eigenvalue weighted by molar-refractivity contribution is 6.04. The third-order valence-corrected chi connectivity index (χ3v) is 5.58. The number of rotatable bonds is 7. The van der Waals surface area contributed by atoms with Crippen molar-refractivity contribution in [2.24, 2.45) is 0 Å². The summed E-state index contributed by atoms with van der Waals surface area (Å²) in [4.78, 5) is 24.0. The van der Waals surface area contributed by atoms with Crippen LogP contribution in [-0.4, -0.2) is 22.2 Å². The Hall–Kier alpha value is -3.40. The fourth-order valence-corrected chi connectivity index (χ4v) is 4.22. The van der Waals surface area contributed by atoms with Crippen LogP contribution in [0.15, 0.2) is 54.6 Å². The predicted octanol–water partition coefficient (Wildman–Crippen LogP) is 6.10. The molecule has 0 aliphatic carbocycles. The maximum absolute atomic E-state index is 12.0. The van der Waals surface area contributed by atoms with Gasteiger partial charge < -0.3 is 10.2 Å². The summed E-state index contributed by atoms with van der Waals surface area (Å²) in [5, 5.41) is 19.7. The molecule has 3 aromatic rings. The van der Waals surface area contributed by atoms with Gasteiger partial charge in [0.15, 0.2) is 0 Å². The minimum absolute atomic E-state index is 0.215. The van der Waals surface area contributed by atoms with Gasteiger partial charge in [0.1, 0.15) is 0 Å². The molecule has 2 N–H and O–H groups in total. The van der Waals surface area contributed by atoms with Gasteiger partial charge in [0.05, 0.1) is 11.1 Å². The predicted molar refractivity (Wildman–Crippen MR) is 119 cm³/mol. The molecule has 0 amide bonds. The van der Waals surface area contributed by atoms with Crippen LogP contribution < -0.4 is 0 Å². The average molecular weight is 402 g/mol. The van der Waals surface area contributed by atoms with Crippen molar-refractivity contribution in [1.29, 1.82) is 0 Å². The van der Waals surface area contributed by atoms with Crippen LogP contribution in [0.3, 0.4) is 0 Å². The third kappa shape index (κ3) is 3.73. The summed E-state index contributed by atoms with van der Waals surface area (Å²) in [6, 6.07) is 16.1. The molecule has 0 saturated heterocycles. The van der Waals surface area contributed by atoms with Crippen LogP contribution in [0.25, 0.3) is 22.3 Å². The van der Waals surface area contributed by atoms with Gasteiger partial charge in [0.2, 0.25) is 0 Å². The van der Waals surface area contributed by atoms with Gasteiger partial charge in [-0.25, -0.2) is 9.59 Å². The van der Waals surface area contributed by atoms with E-state index in [9.17, 15) is 19.8 Å². The molecule has 0 bridgehead atoms. The van der Waals surface area contributed by atoms with Crippen molar-refractivity contribution in [3.63, 3.8) is 0 Å². The first-order valence-corrected chi connectivity index (χ1v) is 10.3. The minimum Gasteiger partial charge on any atom is -0.478 e. The van der Waals surface area contributed by atoms with Crippen LogP contribution in [0.2, 0.25) is 0 Å². The molecule has 3 rings (SSSR count). The standard InChI is InChI=1S/C26H26O4/c1-4-16-15-17(5-2)23(19-11-7-9-13-21(19)25(27)28)24(18(16)6-3)20-12-8-10-14-22(20)26(29)30/h7-15H,4-6H2,1-3H3,(H,27,28)(H,29,30). The Morgan fingerprint density at radius 2 is 1.13 bits per heavy atom. The summed E-state index contributed by atoms with van der Waals surface area (Å²) >= 11 is 0. The van der Waals surface area contributed by atoms with Crippen LogP contribution in [0.5, 0.6) is 0 Å². The molecule has 4 nitrogen and oxygen atoms in total. The minimum atomic E-state index is -0.997. The number of carboxylic acids is 2. The van der Waals surface area contributed by atoms with Crippen molar-refractivity contribution in [3.05, 3.63) is 82.4 Å². The van der Waals surface area contributed by atoms with Gasteiger partial charge in [-0.15, -0.1) is 0 Å². The molecule has 0 radical (unpaired) electrons. The molecule has 0 fully saturated rings. The van der Waals surface area contributed by atoms with E-state index in [0.717, 1.165) is 35.1 Å². The zero-order valence-corrected chi connectivity index (χ0v) is 17.5. The van der Waals surface area contributed by atoms with Gasteiger partial charge >= 0.3 is 11.9 Å². The molecule has 0 unspecified atom stereocenters. The molecule has 30 heavy (non-hydrogen) atoms. The molecule has 0 spiro atoms. The van der Waals surface area contributed by atoms with Gasteiger partial charge in [-0.05, 0) is 70.3 Å². The monoisotopic (exact) mass is 402 g/mol. The number of aryl methyl sites for hydroxylation is 2. The summed E-state index contributed by atoms with van der Waals surface area (Å²) in [5.41, 5.74) is 6.59. The average Bonchev–Trinajstić information content (AvgIpc) is 2.77. The van der Waals surface area contributed by atoms with Crippen LogP contribution >= 0.6 is 0 Å². The fourth-order valence-electron chi connectivity index (χ4n) is 4.22. The van der Waals surface area contributed by atoms with E-state index < -0.39 is 11.9 Å². The molecule has 0 aromatic heterocycles. The summed E-state index contributed by atoms with van der Waals surface area (Å²) in [6.07, 6.45) is 2.25. The van der Waals surface area contributed by atoms with E-state index in [2.05, 4.69) is 19.9 Å². The summed E-state index contributed by atoms with van der Waals surface area (Å²) < 4.78 is 0. The highest BCUT2D eigenvalue weighted by Gasteiger charge is 2.24. The normalized spacial score (nSPS) is 10.8. The lowest BCUT2D eigenvalue weighted by Gasteiger charge is -2.24.